The third-order valence-electron chi connectivity index (χ3n) is 3.42. The summed E-state index contributed by atoms with van der Waals surface area (Å²) in [5, 5.41) is 3.16. The highest BCUT2D eigenvalue weighted by atomic mass is 79.9. The third kappa shape index (κ3) is 5.02. The maximum atomic E-state index is 5.96. The van der Waals surface area contributed by atoms with E-state index in [1.165, 1.54) is 11.1 Å². The van der Waals surface area contributed by atoms with Gasteiger partial charge in [0.05, 0.1) is 18.9 Å². The van der Waals surface area contributed by atoms with Crippen molar-refractivity contribution in [2.75, 3.05) is 25.6 Å². The number of hydrogen-bond acceptors (Lipinski definition) is 3. The van der Waals surface area contributed by atoms with Crippen molar-refractivity contribution in [1.82, 2.24) is 0 Å². The van der Waals surface area contributed by atoms with E-state index in [1.54, 1.807) is 0 Å². The Kier molecular flexibility index (Phi) is 7.51. The average Bonchev–Trinajstić information content (AvgIpc) is 2.58. The fourth-order valence-electron chi connectivity index (χ4n) is 2.35. The van der Waals surface area contributed by atoms with E-state index in [1.807, 2.05) is 20.9 Å². The summed E-state index contributed by atoms with van der Waals surface area (Å²) >= 11 is 3.50. The topological polar surface area (TPSA) is 30.5 Å². The van der Waals surface area contributed by atoms with Crippen LogP contribution in [0.1, 0.15) is 30.6 Å². The number of benzene rings is 2. The number of hydrogen-bond donors (Lipinski definition) is 1. The van der Waals surface area contributed by atoms with Crippen molar-refractivity contribution >= 4 is 30.0 Å². The molecule has 0 saturated carbocycles. The lowest BCUT2D eigenvalue weighted by Crippen LogP contribution is -2.05. The molecule has 2 aromatic carbocycles. The molecule has 3 nitrogen and oxygen atoms in total. The van der Waals surface area contributed by atoms with Gasteiger partial charge in [-0.15, -0.1) is 0 Å². The normalized spacial score (nSPS) is 12.4. The predicted molar refractivity (Wildman–Crippen MR) is 102 cm³/mol. The van der Waals surface area contributed by atoms with E-state index in [9.17, 15) is 0 Å². The summed E-state index contributed by atoms with van der Waals surface area (Å²) < 4.78 is 13.0. The summed E-state index contributed by atoms with van der Waals surface area (Å²) in [4.78, 5) is 0. The molecule has 0 heterocycles. The van der Waals surface area contributed by atoms with Crippen molar-refractivity contribution in [2.24, 2.45) is 0 Å². The number of halogens is 1. The van der Waals surface area contributed by atoms with Gasteiger partial charge < -0.3 is 14.4 Å². The summed E-state index contributed by atoms with van der Waals surface area (Å²) in [6.45, 7) is 5.31. The molecule has 0 radical (unpaired) electrons. The van der Waals surface area contributed by atoms with Gasteiger partial charge in [-0.05, 0) is 49.2 Å². The zero-order valence-electron chi connectivity index (χ0n) is 13.8. The number of nitrogens with one attached hydrogen (secondary N) is 1. The van der Waals surface area contributed by atoms with E-state index < -0.39 is 8.38 Å². The maximum absolute atomic E-state index is 5.96. The summed E-state index contributed by atoms with van der Waals surface area (Å²) in [7, 11) is 0.889. The molecule has 2 rings (SSSR count). The van der Waals surface area contributed by atoms with Crippen molar-refractivity contribution in [3.05, 3.63) is 64.1 Å². The van der Waals surface area contributed by atoms with E-state index in [4.69, 9.17) is 9.05 Å². The van der Waals surface area contributed by atoms with Crippen LogP contribution < -0.4 is 5.32 Å². The first-order chi connectivity index (χ1) is 11.2. The molecular weight excluding hydrogens is 373 g/mol. The highest BCUT2D eigenvalue weighted by Crippen LogP contribution is 2.56. The van der Waals surface area contributed by atoms with Crippen LogP contribution in [0.2, 0.25) is 0 Å². The van der Waals surface area contributed by atoms with Crippen LogP contribution in [0.25, 0.3) is 0 Å². The SMILES string of the molecule is CCOP(OCC)C(c1ccc(Br)cc1)c1ccc(NC)cc1. The molecule has 0 bridgehead atoms. The molecule has 0 aliphatic carbocycles. The van der Waals surface area contributed by atoms with Crippen molar-refractivity contribution in [3.63, 3.8) is 0 Å². The van der Waals surface area contributed by atoms with Crippen LogP contribution in [0, 0.1) is 0 Å². The summed E-state index contributed by atoms with van der Waals surface area (Å²) in [5.74, 6) is 0. The van der Waals surface area contributed by atoms with Crippen LogP contribution in [0.4, 0.5) is 5.69 Å². The van der Waals surface area contributed by atoms with Gasteiger partial charge in [-0.1, -0.05) is 40.2 Å². The number of rotatable bonds is 8. The highest BCUT2D eigenvalue weighted by Gasteiger charge is 2.27. The summed E-state index contributed by atoms with van der Waals surface area (Å²) in [5.41, 5.74) is 3.61. The van der Waals surface area contributed by atoms with Crippen molar-refractivity contribution in [1.29, 1.82) is 0 Å². The first-order valence-corrected chi connectivity index (χ1v) is 9.81. The molecule has 2 aromatic rings. The lowest BCUT2D eigenvalue weighted by Gasteiger charge is -2.26. The van der Waals surface area contributed by atoms with Gasteiger partial charge in [-0.2, -0.15) is 0 Å². The second kappa shape index (κ2) is 9.39. The molecule has 0 amide bonds. The standard InChI is InChI=1S/C18H23BrNO2P/c1-4-21-23(22-5-2)18(14-6-10-16(19)11-7-14)15-8-12-17(20-3)13-9-15/h6-13,18,20H,4-5H2,1-3H3. The maximum Gasteiger partial charge on any atom is 0.183 e. The largest absolute Gasteiger partial charge is 0.388 e. The first kappa shape index (κ1) is 18.4. The predicted octanol–water partition coefficient (Wildman–Crippen LogP) is 5.97. The van der Waals surface area contributed by atoms with Crippen LogP contribution in [0.3, 0.4) is 0 Å². The van der Waals surface area contributed by atoms with Gasteiger partial charge in [-0.3, -0.25) is 0 Å². The molecule has 0 aromatic heterocycles. The molecule has 0 spiro atoms. The Morgan fingerprint density at radius 3 is 1.83 bits per heavy atom. The number of anilines is 1. The minimum Gasteiger partial charge on any atom is -0.388 e. The molecule has 0 fully saturated rings. The van der Waals surface area contributed by atoms with E-state index in [0.29, 0.717) is 13.2 Å². The van der Waals surface area contributed by atoms with Gasteiger partial charge in [0.15, 0.2) is 8.38 Å². The minimum atomic E-state index is -1.04. The molecule has 1 atom stereocenters. The van der Waals surface area contributed by atoms with Gasteiger partial charge in [0.1, 0.15) is 0 Å². The summed E-state index contributed by atoms with van der Waals surface area (Å²) in [6.07, 6.45) is 0. The van der Waals surface area contributed by atoms with Crippen molar-refractivity contribution in [3.8, 4) is 0 Å². The molecule has 0 aliphatic heterocycles. The van der Waals surface area contributed by atoms with E-state index >= 15 is 0 Å². The van der Waals surface area contributed by atoms with Crippen molar-refractivity contribution in [2.45, 2.75) is 19.5 Å². The summed E-state index contributed by atoms with van der Waals surface area (Å²) in [6, 6.07) is 16.9. The Morgan fingerprint density at radius 2 is 1.39 bits per heavy atom. The molecule has 5 heteroatoms. The van der Waals surface area contributed by atoms with Gasteiger partial charge >= 0.3 is 0 Å². The second-order valence-electron chi connectivity index (χ2n) is 4.95. The molecule has 1 unspecified atom stereocenters. The average molecular weight is 396 g/mol. The molecule has 0 saturated heterocycles. The van der Waals surface area contributed by atoms with Crippen LogP contribution in [0.15, 0.2) is 53.0 Å². The van der Waals surface area contributed by atoms with E-state index in [0.717, 1.165) is 10.2 Å². The van der Waals surface area contributed by atoms with Gasteiger partial charge in [0.2, 0.25) is 0 Å². The van der Waals surface area contributed by atoms with Crippen molar-refractivity contribution < 1.29 is 9.05 Å². The van der Waals surface area contributed by atoms with Gasteiger partial charge in [0.25, 0.3) is 0 Å². The minimum absolute atomic E-state index is 0.101. The van der Waals surface area contributed by atoms with E-state index in [-0.39, 0.29) is 5.66 Å². The van der Waals surface area contributed by atoms with E-state index in [2.05, 4.69) is 69.8 Å². The molecule has 124 valence electrons. The van der Waals surface area contributed by atoms with Crippen LogP contribution in [-0.2, 0) is 9.05 Å². The van der Waals surface area contributed by atoms with Crippen LogP contribution in [-0.4, -0.2) is 20.3 Å². The fourth-order valence-corrected chi connectivity index (χ4v) is 4.33. The van der Waals surface area contributed by atoms with Gasteiger partial charge in [-0.25, -0.2) is 0 Å². The molecular formula is C18H23BrNO2P. The Morgan fingerprint density at radius 1 is 0.913 bits per heavy atom. The fraction of sp³-hybridized carbons (Fsp3) is 0.333. The first-order valence-electron chi connectivity index (χ1n) is 7.77. The Hall–Kier alpha value is -0.930. The molecule has 23 heavy (non-hydrogen) atoms. The monoisotopic (exact) mass is 395 g/mol. The second-order valence-corrected chi connectivity index (χ2v) is 7.47. The Bertz CT molecular complexity index is 583. The zero-order valence-corrected chi connectivity index (χ0v) is 16.2. The third-order valence-corrected chi connectivity index (χ3v) is 6.00. The lowest BCUT2D eigenvalue weighted by molar-refractivity contribution is 0.265. The molecule has 0 aliphatic rings. The smallest absolute Gasteiger partial charge is 0.183 e. The molecule has 1 N–H and O–H groups in total. The lowest BCUT2D eigenvalue weighted by atomic mass is 10.0. The Balaban J connectivity index is 2.41. The van der Waals surface area contributed by atoms with Gasteiger partial charge in [0, 0.05) is 17.2 Å². The van der Waals surface area contributed by atoms with Crippen LogP contribution in [0.5, 0.6) is 0 Å². The highest BCUT2D eigenvalue weighted by molar-refractivity contribution is 9.10. The quantitative estimate of drug-likeness (QED) is 0.558. The Labute approximate surface area is 148 Å². The van der Waals surface area contributed by atoms with Crippen LogP contribution >= 0.6 is 24.3 Å². The zero-order chi connectivity index (χ0) is 16.7.